The van der Waals surface area contributed by atoms with Gasteiger partial charge >= 0.3 is 0 Å². The first-order valence-electron chi connectivity index (χ1n) is 7.79. The molecule has 0 aliphatic rings. The minimum absolute atomic E-state index is 0.470. The third-order valence-electron chi connectivity index (χ3n) is 4.06. The molecule has 0 bridgehead atoms. The highest BCUT2D eigenvalue weighted by Gasteiger charge is 2.09. The fourth-order valence-corrected chi connectivity index (χ4v) is 2.64. The summed E-state index contributed by atoms with van der Waals surface area (Å²) < 4.78 is 7.75. The van der Waals surface area contributed by atoms with Crippen LogP contribution in [0.4, 0.5) is 0 Å². The Morgan fingerprint density at radius 1 is 1.13 bits per heavy atom. The molecule has 0 saturated carbocycles. The van der Waals surface area contributed by atoms with E-state index >= 15 is 0 Å². The summed E-state index contributed by atoms with van der Waals surface area (Å²) in [6.07, 6.45) is 1.62. The zero-order valence-electron chi connectivity index (χ0n) is 13.5. The molecule has 0 spiro atoms. The number of benzene rings is 2. The molecule has 0 aliphatic carbocycles. The number of nitrogens with zero attached hydrogens (tertiary/aromatic N) is 2. The standard InChI is InChI=1S/C19H20N2O2/c1-14-8-9-16(12-15(14)2)23-11-5-10-21-18-7-4-3-6-17(18)20-19(21)13-22/h3-4,6-9,12-13H,5,10-11H2,1-2H3. The number of hydrogen-bond donors (Lipinski definition) is 0. The molecule has 0 fully saturated rings. The van der Waals surface area contributed by atoms with Gasteiger partial charge in [0.1, 0.15) is 5.75 Å². The van der Waals surface area contributed by atoms with Crippen molar-refractivity contribution in [1.82, 2.24) is 9.55 Å². The summed E-state index contributed by atoms with van der Waals surface area (Å²) in [6.45, 7) is 5.48. The van der Waals surface area contributed by atoms with E-state index in [1.54, 1.807) is 0 Å². The molecule has 4 heteroatoms. The van der Waals surface area contributed by atoms with Gasteiger partial charge in [-0.25, -0.2) is 4.98 Å². The maximum Gasteiger partial charge on any atom is 0.185 e. The highest BCUT2D eigenvalue weighted by molar-refractivity contribution is 5.82. The highest BCUT2D eigenvalue weighted by Crippen LogP contribution is 2.18. The van der Waals surface area contributed by atoms with Gasteiger partial charge in [0.15, 0.2) is 12.1 Å². The van der Waals surface area contributed by atoms with Crippen molar-refractivity contribution in [2.75, 3.05) is 6.61 Å². The van der Waals surface area contributed by atoms with Crippen LogP contribution < -0.4 is 4.74 Å². The van der Waals surface area contributed by atoms with E-state index in [9.17, 15) is 4.79 Å². The van der Waals surface area contributed by atoms with Crippen LogP contribution in [0.3, 0.4) is 0 Å². The predicted molar refractivity (Wildman–Crippen MR) is 91.1 cm³/mol. The summed E-state index contributed by atoms with van der Waals surface area (Å²) in [5, 5.41) is 0. The highest BCUT2D eigenvalue weighted by atomic mass is 16.5. The van der Waals surface area contributed by atoms with Crippen LogP contribution in [0.1, 0.15) is 28.2 Å². The van der Waals surface area contributed by atoms with E-state index < -0.39 is 0 Å². The van der Waals surface area contributed by atoms with Gasteiger partial charge in [0.25, 0.3) is 0 Å². The lowest BCUT2D eigenvalue weighted by atomic mass is 10.1. The van der Waals surface area contributed by atoms with Crippen LogP contribution in [0, 0.1) is 13.8 Å². The Morgan fingerprint density at radius 3 is 2.74 bits per heavy atom. The largest absolute Gasteiger partial charge is 0.494 e. The van der Waals surface area contributed by atoms with E-state index in [2.05, 4.69) is 31.0 Å². The van der Waals surface area contributed by atoms with Gasteiger partial charge in [-0.1, -0.05) is 18.2 Å². The van der Waals surface area contributed by atoms with Crippen LogP contribution in [0.2, 0.25) is 0 Å². The van der Waals surface area contributed by atoms with Crippen molar-refractivity contribution in [3.8, 4) is 5.75 Å². The second-order valence-electron chi connectivity index (χ2n) is 5.68. The molecule has 0 atom stereocenters. The lowest BCUT2D eigenvalue weighted by Gasteiger charge is -2.10. The molecule has 118 valence electrons. The van der Waals surface area contributed by atoms with Crippen molar-refractivity contribution < 1.29 is 9.53 Å². The Hall–Kier alpha value is -2.62. The predicted octanol–water partition coefficient (Wildman–Crippen LogP) is 3.93. The van der Waals surface area contributed by atoms with Crippen LogP contribution in [0.15, 0.2) is 42.5 Å². The number of para-hydroxylation sites is 2. The van der Waals surface area contributed by atoms with E-state index in [-0.39, 0.29) is 0 Å². The molecular formula is C19H20N2O2. The van der Waals surface area contributed by atoms with Crippen molar-refractivity contribution in [3.63, 3.8) is 0 Å². The summed E-state index contributed by atoms with van der Waals surface area (Å²) >= 11 is 0. The van der Waals surface area contributed by atoms with Gasteiger partial charge in [0, 0.05) is 6.54 Å². The van der Waals surface area contributed by atoms with E-state index in [4.69, 9.17) is 4.74 Å². The lowest BCUT2D eigenvalue weighted by molar-refractivity contribution is 0.111. The maximum absolute atomic E-state index is 11.2. The van der Waals surface area contributed by atoms with Gasteiger partial charge in [0.05, 0.1) is 17.6 Å². The quantitative estimate of drug-likeness (QED) is 0.512. The molecule has 0 aliphatic heterocycles. The number of aromatic nitrogens is 2. The first-order chi connectivity index (χ1) is 11.2. The molecule has 0 saturated heterocycles. The average Bonchev–Trinajstić information content (AvgIpc) is 2.92. The van der Waals surface area contributed by atoms with E-state index in [1.807, 2.05) is 34.9 Å². The van der Waals surface area contributed by atoms with Crippen LogP contribution in [-0.4, -0.2) is 22.4 Å². The molecule has 3 aromatic rings. The second-order valence-corrected chi connectivity index (χ2v) is 5.68. The van der Waals surface area contributed by atoms with E-state index in [1.165, 1.54) is 11.1 Å². The fraction of sp³-hybridized carbons (Fsp3) is 0.263. The SMILES string of the molecule is Cc1ccc(OCCCn2c(C=O)nc3ccccc32)cc1C. The third kappa shape index (κ3) is 3.26. The number of hydrogen-bond acceptors (Lipinski definition) is 3. The van der Waals surface area contributed by atoms with Gasteiger partial charge in [-0.3, -0.25) is 4.79 Å². The summed E-state index contributed by atoms with van der Waals surface area (Å²) in [5.41, 5.74) is 4.33. The molecule has 0 radical (unpaired) electrons. The van der Waals surface area contributed by atoms with Crippen LogP contribution >= 0.6 is 0 Å². The minimum atomic E-state index is 0.470. The number of aldehydes is 1. The molecular weight excluding hydrogens is 288 g/mol. The van der Waals surface area contributed by atoms with Crippen molar-refractivity contribution in [1.29, 1.82) is 0 Å². The van der Waals surface area contributed by atoms with Gasteiger partial charge in [-0.2, -0.15) is 0 Å². The summed E-state index contributed by atoms with van der Waals surface area (Å²) in [7, 11) is 0. The number of aryl methyl sites for hydroxylation is 3. The molecule has 1 aromatic heterocycles. The number of imidazole rings is 1. The molecule has 23 heavy (non-hydrogen) atoms. The second kappa shape index (κ2) is 6.65. The van der Waals surface area contributed by atoms with Crippen LogP contribution in [0.25, 0.3) is 11.0 Å². The molecule has 0 N–H and O–H groups in total. The first kappa shape index (κ1) is 15.3. The number of ether oxygens (including phenoxy) is 1. The molecule has 1 heterocycles. The smallest absolute Gasteiger partial charge is 0.185 e. The summed E-state index contributed by atoms with van der Waals surface area (Å²) in [6, 6.07) is 13.9. The first-order valence-corrected chi connectivity index (χ1v) is 7.79. The molecule has 0 amide bonds. The number of fused-ring (bicyclic) bond motifs is 1. The average molecular weight is 308 g/mol. The van der Waals surface area contributed by atoms with Gasteiger partial charge in [-0.05, 0) is 55.7 Å². The van der Waals surface area contributed by atoms with Crippen LogP contribution in [0.5, 0.6) is 5.75 Å². The third-order valence-corrected chi connectivity index (χ3v) is 4.06. The van der Waals surface area contributed by atoms with Gasteiger partial charge in [0.2, 0.25) is 0 Å². The van der Waals surface area contributed by atoms with E-state index in [0.29, 0.717) is 19.0 Å². The Kier molecular flexibility index (Phi) is 4.42. The molecule has 2 aromatic carbocycles. The molecule has 3 rings (SSSR count). The van der Waals surface area contributed by atoms with Gasteiger partial charge in [-0.15, -0.1) is 0 Å². The zero-order valence-corrected chi connectivity index (χ0v) is 13.5. The number of carbonyl (C=O) groups is 1. The lowest BCUT2D eigenvalue weighted by Crippen LogP contribution is -2.07. The Morgan fingerprint density at radius 2 is 1.96 bits per heavy atom. The minimum Gasteiger partial charge on any atom is -0.494 e. The molecule has 4 nitrogen and oxygen atoms in total. The monoisotopic (exact) mass is 308 g/mol. The summed E-state index contributed by atoms with van der Waals surface area (Å²) in [5.74, 6) is 1.36. The zero-order chi connectivity index (χ0) is 16.2. The normalized spacial score (nSPS) is 10.9. The van der Waals surface area contributed by atoms with E-state index in [0.717, 1.165) is 29.5 Å². The molecule has 0 unspecified atom stereocenters. The Balaban J connectivity index is 1.64. The van der Waals surface area contributed by atoms with Crippen LogP contribution in [-0.2, 0) is 6.54 Å². The topological polar surface area (TPSA) is 44.1 Å². The number of carbonyl (C=O) groups excluding carboxylic acids is 1. The summed E-state index contributed by atoms with van der Waals surface area (Å²) in [4.78, 5) is 15.5. The van der Waals surface area contributed by atoms with Crippen molar-refractivity contribution in [3.05, 3.63) is 59.4 Å². The maximum atomic E-state index is 11.2. The van der Waals surface area contributed by atoms with Crippen molar-refractivity contribution in [2.24, 2.45) is 0 Å². The van der Waals surface area contributed by atoms with Gasteiger partial charge < -0.3 is 9.30 Å². The Labute approximate surface area is 135 Å². The van der Waals surface area contributed by atoms with Crippen molar-refractivity contribution >= 4 is 17.3 Å². The Bertz CT molecular complexity index is 837. The number of rotatable bonds is 6. The van der Waals surface area contributed by atoms with Crippen molar-refractivity contribution in [2.45, 2.75) is 26.8 Å². The fourth-order valence-electron chi connectivity index (χ4n) is 2.64.